The molecule has 0 fully saturated rings. The number of hydrogen-bond acceptors (Lipinski definition) is 4. The van der Waals surface area contributed by atoms with Crippen LogP contribution in [0.3, 0.4) is 0 Å². The van der Waals surface area contributed by atoms with Gasteiger partial charge in [-0.3, -0.25) is 4.79 Å². The molecule has 166 valence electrons. The lowest BCUT2D eigenvalue weighted by molar-refractivity contribution is -0.111. The van der Waals surface area contributed by atoms with Gasteiger partial charge in [-0.2, -0.15) is 0 Å². The van der Waals surface area contributed by atoms with Crippen LogP contribution < -0.4 is 14.8 Å². The molecule has 0 radical (unpaired) electrons. The Labute approximate surface area is 196 Å². The first kappa shape index (κ1) is 24.7. The zero-order valence-corrected chi connectivity index (χ0v) is 20.5. The van der Waals surface area contributed by atoms with E-state index < -0.39 is 11.9 Å². The Kier molecular flexibility index (Phi) is 8.11. The highest BCUT2D eigenvalue weighted by Gasteiger charge is 2.29. The quantitative estimate of drug-likeness (QED) is 0.240. The van der Waals surface area contributed by atoms with Crippen LogP contribution in [-0.2, 0) is 4.79 Å². The molecule has 1 amide bonds. The van der Waals surface area contributed by atoms with E-state index in [1.54, 1.807) is 37.5 Å². The van der Waals surface area contributed by atoms with E-state index in [9.17, 15) is 14.7 Å². The molecule has 0 aliphatic rings. The summed E-state index contributed by atoms with van der Waals surface area (Å²) in [7, 11) is 1.57. The first-order valence-electron chi connectivity index (χ1n) is 9.77. The Morgan fingerprint density at radius 2 is 1.77 bits per heavy atom. The summed E-state index contributed by atoms with van der Waals surface area (Å²) in [5.74, 6) is -0.337. The Morgan fingerprint density at radius 3 is 2.39 bits per heavy atom. The minimum atomic E-state index is -1.10. The molecule has 6 nitrogen and oxygen atoms in total. The summed E-state index contributed by atoms with van der Waals surface area (Å²) in [6.07, 6.45) is 3.82. The topological polar surface area (TPSA) is 84.9 Å². The lowest BCUT2D eigenvalue weighted by atomic mass is 9.96. The van der Waals surface area contributed by atoms with E-state index in [1.165, 1.54) is 12.1 Å². The summed E-state index contributed by atoms with van der Waals surface area (Å²) in [6.45, 7) is 8.40. The maximum Gasteiger partial charge on any atom is 0.337 e. The van der Waals surface area contributed by atoms with E-state index in [4.69, 9.17) is 9.47 Å². The molecule has 0 aliphatic heterocycles. The highest BCUT2D eigenvalue weighted by atomic mass is 127. The molecule has 2 aromatic carbocycles. The third kappa shape index (κ3) is 7.90. The van der Waals surface area contributed by atoms with Gasteiger partial charge in [0.25, 0.3) is 0 Å². The number of carbonyl (C=O) groups excluding carboxylic acids is 1. The normalized spacial score (nSPS) is 11.9. The van der Waals surface area contributed by atoms with Gasteiger partial charge in [0, 0.05) is 15.9 Å². The number of alkyl halides is 1. The molecule has 0 heterocycles. The molecule has 0 unspecified atom stereocenters. The lowest BCUT2D eigenvalue weighted by Crippen LogP contribution is -2.34. The van der Waals surface area contributed by atoms with Crippen molar-refractivity contribution < 1.29 is 24.2 Å². The minimum absolute atomic E-state index is 0.0321. The van der Waals surface area contributed by atoms with E-state index in [0.717, 1.165) is 12.0 Å². The van der Waals surface area contributed by atoms with Gasteiger partial charge in [0.2, 0.25) is 5.91 Å². The highest BCUT2D eigenvalue weighted by Crippen LogP contribution is 2.36. The van der Waals surface area contributed by atoms with Gasteiger partial charge in [0.15, 0.2) is 11.5 Å². The second-order valence-electron chi connectivity index (χ2n) is 8.34. The van der Waals surface area contributed by atoms with E-state index in [2.05, 4.69) is 41.8 Å². The molecule has 7 heteroatoms. The number of anilines is 1. The number of carboxylic acids is 1. The molecule has 0 aliphatic carbocycles. The molecule has 2 aromatic rings. The number of amides is 1. The Morgan fingerprint density at radius 1 is 1.10 bits per heavy atom. The average Bonchev–Trinajstić information content (AvgIpc) is 2.65. The van der Waals surface area contributed by atoms with Crippen LogP contribution in [0.25, 0.3) is 6.08 Å². The Balaban J connectivity index is 2.13. The summed E-state index contributed by atoms with van der Waals surface area (Å²) >= 11 is 2.41. The predicted molar refractivity (Wildman–Crippen MR) is 131 cm³/mol. The molecule has 0 spiro atoms. The fraction of sp³-hybridized carbons (Fsp3) is 0.333. The lowest BCUT2D eigenvalue weighted by Gasteiger charge is -2.32. The van der Waals surface area contributed by atoms with Crippen LogP contribution in [-0.4, -0.2) is 33.1 Å². The first-order chi connectivity index (χ1) is 14.4. The Hall–Kier alpha value is -2.55. The first-order valence-corrected chi connectivity index (χ1v) is 10.9. The number of methoxy groups -OCH3 is 1. The van der Waals surface area contributed by atoms with Crippen LogP contribution >= 0.6 is 22.6 Å². The predicted octanol–water partition coefficient (Wildman–Crippen LogP) is 5.81. The number of carbonyl (C=O) groups is 2. The largest absolute Gasteiger partial charge is 0.493 e. The maximum absolute atomic E-state index is 12.3. The fourth-order valence-corrected chi connectivity index (χ4v) is 4.26. The molecule has 2 rings (SSSR count). The molecule has 31 heavy (non-hydrogen) atoms. The zero-order valence-electron chi connectivity index (χ0n) is 18.4. The second-order valence-corrected chi connectivity index (χ2v) is 11.3. The van der Waals surface area contributed by atoms with Gasteiger partial charge in [0.05, 0.1) is 18.4 Å². The van der Waals surface area contributed by atoms with Crippen LogP contribution in [0.1, 0.15) is 50.0 Å². The van der Waals surface area contributed by atoms with Crippen molar-refractivity contribution in [2.45, 2.75) is 43.1 Å². The molecule has 0 saturated heterocycles. The van der Waals surface area contributed by atoms with Crippen molar-refractivity contribution in [3.8, 4) is 11.5 Å². The van der Waals surface area contributed by atoms with Crippen molar-refractivity contribution in [1.82, 2.24) is 0 Å². The second kappa shape index (κ2) is 10.2. The van der Waals surface area contributed by atoms with Crippen LogP contribution in [0.4, 0.5) is 5.69 Å². The number of carboxylic acid groups (broad SMARTS) is 1. The summed E-state index contributed by atoms with van der Waals surface area (Å²) in [4.78, 5) is 23.5. The summed E-state index contributed by atoms with van der Waals surface area (Å²) < 4.78 is 11.8. The molecular weight excluding hydrogens is 509 g/mol. The highest BCUT2D eigenvalue weighted by molar-refractivity contribution is 14.1. The number of benzene rings is 2. The summed E-state index contributed by atoms with van der Waals surface area (Å²) in [5, 5.41) is 11.8. The van der Waals surface area contributed by atoms with Crippen LogP contribution in [0.2, 0.25) is 0 Å². The van der Waals surface area contributed by atoms with Crippen molar-refractivity contribution >= 4 is 46.2 Å². The van der Waals surface area contributed by atoms with Crippen LogP contribution in [0, 0.1) is 0 Å². The van der Waals surface area contributed by atoms with Crippen molar-refractivity contribution in [3.05, 3.63) is 59.7 Å². The molecule has 0 aromatic heterocycles. The maximum atomic E-state index is 12.3. The van der Waals surface area contributed by atoms with Crippen LogP contribution in [0.5, 0.6) is 11.5 Å². The van der Waals surface area contributed by atoms with Crippen molar-refractivity contribution in [1.29, 1.82) is 0 Å². The summed E-state index contributed by atoms with van der Waals surface area (Å²) in [6, 6.07) is 11.7. The molecule has 0 atom stereocenters. The van der Waals surface area contributed by atoms with Gasteiger partial charge < -0.3 is 19.9 Å². The molecular formula is C24H28INO5. The van der Waals surface area contributed by atoms with Crippen molar-refractivity contribution in [2.24, 2.45) is 0 Å². The van der Waals surface area contributed by atoms with Crippen LogP contribution in [0.15, 0.2) is 48.5 Å². The molecule has 0 saturated carbocycles. The third-order valence-electron chi connectivity index (χ3n) is 4.26. The van der Waals surface area contributed by atoms with E-state index >= 15 is 0 Å². The number of aromatic carboxylic acids is 1. The van der Waals surface area contributed by atoms with Crippen molar-refractivity contribution in [2.75, 3.05) is 12.4 Å². The Bertz CT molecular complexity index is 976. The number of para-hydroxylation sites is 1. The number of ether oxygens (including phenoxy) is 2. The third-order valence-corrected chi connectivity index (χ3v) is 4.64. The average molecular weight is 537 g/mol. The van der Waals surface area contributed by atoms with Gasteiger partial charge in [0.1, 0.15) is 5.60 Å². The molecule has 0 bridgehead atoms. The van der Waals surface area contributed by atoms with E-state index in [-0.39, 0.29) is 20.3 Å². The van der Waals surface area contributed by atoms with E-state index in [0.29, 0.717) is 11.5 Å². The number of hydrogen-bond donors (Lipinski definition) is 2. The monoisotopic (exact) mass is 537 g/mol. The van der Waals surface area contributed by atoms with Gasteiger partial charge in [-0.15, -0.1) is 0 Å². The number of nitrogens with one attached hydrogen (secondary N) is 1. The zero-order chi connectivity index (χ0) is 23.2. The van der Waals surface area contributed by atoms with Gasteiger partial charge in [-0.25, -0.2) is 4.79 Å². The van der Waals surface area contributed by atoms with Crippen molar-refractivity contribution in [3.63, 3.8) is 0 Å². The summed E-state index contributed by atoms with van der Waals surface area (Å²) in [5.41, 5.74) is 0.640. The minimum Gasteiger partial charge on any atom is -0.493 e. The van der Waals surface area contributed by atoms with Gasteiger partial charge in [-0.05, 0) is 49.8 Å². The number of rotatable bonds is 9. The SMILES string of the molecule is COc1cc(/C=C/C(=O)Nc2ccccc2C(=O)O)ccc1OC(C)(C)CC(C)(C)I. The number of halogens is 1. The smallest absolute Gasteiger partial charge is 0.337 e. The standard InChI is InChI=1S/C24H28INO5/c1-23(2,25)15-24(3,4)31-19-12-10-16(14-20(19)30-5)11-13-21(27)26-18-9-7-6-8-17(18)22(28)29/h6-14H,15H2,1-5H3,(H,26,27)(H,28,29)/b13-11+. The van der Waals surface area contributed by atoms with Gasteiger partial charge >= 0.3 is 5.97 Å². The molecule has 2 N–H and O–H groups in total. The fourth-order valence-electron chi connectivity index (χ4n) is 3.34. The van der Waals surface area contributed by atoms with E-state index in [1.807, 2.05) is 26.0 Å². The van der Waals surface area contributed by atoms with Gasteiger partial charge in [-0.1, -0.05) is 54.6 Å².